The Labute approximate surface area is 198 Å². The predicted molar refractivity (Wildman–Crippen MR) is 143 cm³/mol. The molecule has 0 spiro atoms. The van der Waals surface area contributed by atoms with Crippen molar-refractivity contribution in [2.75, 3.05) is 25.1 Å². The van der Waals surface area contributed by atoms with Gasteiger partial charge in [-0.15, -0.1) is 0 Å². The van der Waals surface area contributed by atoms with E-state index in [0.717, 1.165) is 37.5 Å². The first-order chi connectivity index (χ1) is 15.9. The molecule has 0 atom stereocenters. The molecule has 0 saturated heterocycles. The molecule has 2 aromatic carbocycles. The molecule has 0 saturated carbocycles. The van der Waals surface area contributed by atoms with Gasteiger partial charge in [0.1, 0.15) is 5.75 Å². The largest absolute Gasteiger partial charge is 0.497 e. The van der Waals surface area contributed by atoms with Crippen molar-refractivity contribution in [2.45, 2.75) is 54.6 Å². The smallest absolute Gasteiger partial charge is 0.119 e. The number of hydrogen-bond acceptors (Lipinski definition) is 2. The summed E-state index contributed by atoms with van der Waals surface area (Å²) in [6.07, 6.45) is 0. The summed E-state index contributed by atoms with van der Waals surface area (Å²) in [7, 11) is 1.73. The number of hydrogen-bond donors (Lipinski definition) is 0. The molecule has 174 valence electrons. The summed E-state index contributed by atoms with van der Waals surface area (Å²) in [5, 5.41) is 2.49. The molecule has 0 N–H and O–H groups in total. The Morgan fingerprint density at radius 3 is 1.82 bits per heavy atom. The van der Waals surface area contributed by atoms with E-state index < -0.39 is 0 Å². The molecule has 0 radical (unpaired) electrons. The molecule has 33 heavy (non-hydrogen) atoms. The first-order valence-electron chi connectivity index (χ1n) is 12.2. The van der Waals surface area contributed by atoms with E-state index >= 15 is 0 Å². The Morgan fingerprint density at radius 2 is 1.33 bits per heavy atom. The van der Waals surface area contributed by atoms with Gasteiger partial charge in [0.25, 0.3) is 0 Å². The zero-order valence-corrected chi connectivity index (χ0v) is 21.2. The van der Waals surface area contributed by atoms with Crippen molar-refractivity contribution in [1.29, 1.82) is 0 Å². The standard InChI is InChI=1S/C29H37N3O/c1-9-30(10-2)22-13-15-26-24(17-22)28(20(6)31(26)11-3)19(5)29-21(7)32(12-4)27-16-14-23(33-8)18-25(27)29/h13-18H,5,9-12H2,1-4,6-8H3. The quantitative estimate of drug-likeness (QED) is 0.288. The van der Waals surface area contributed by atoms with Gasteiger partial charge in [-0.2, -0.15) is 0 Å². The van der Waals surface area contributed by atoms with Crippen molar-refractivity contribution in [3.8, 4) is 5.75 Å². The van der Waals surface area contributed by atoms with Gasteiger partial charge >= 0.3 is 0 Å². The van der Waals surface area contributed by atoms with E-state index in [4.69, 9.17) is 11.3 Å². The Morgan fingerprint density at radius 1 is 0.818 bits per heavy atom. The van der Waals surface area contributed by atoms with E-state index in [0.29, 0.717) is 0 Å². The highest BCUT2D eigenvalue weighted by atomic mass is 16.5. The zero-order chi connectivity index (χ0) is 23.9. The van der Waals surface area contributed by atoms with Gasteiger partial charge in [-0.3, -0.25) is 0 Å². The molecule has 4 rings (SSSR count). The molecule has 0 bridgehead atoms. The van der Waals surface area contributed by atoms with Crippen molar-refractivity contribution >= 4 is 33.1 Å². The van der Waals surface area contributed by atoms with Crippen LogP contribution in [-0.4, -0.2) is 29.3 Å². The second kappa shape index (κ2) is 9.01. The minimum absolute atomic E-state index is 0.876. The van der Waals surface area contributed by atoms with Crippen molar-refractivity contribution < 1.29 is 4.74 Å². The van der Waals surface area contributed by atoms with Gasteiger partial charge in [0.05, 0.1) is 7.11 Å². The van der Waals surface area contributed by atoms with Crippen molar-refractivity contribution in [3.63, 3.8) is 0 Å². The summed E-state index contributed by atoms with van der Waals surface area (Å²) in [5.74, 6) is 0.876. The average molecular weight is 444 g/mol. The van der Waals surface area contributed by atoms with Gasteiger partial charge in [-0.05, 0) is 83.5 Å². The first-order valence-corrected chi connectivity index (χ1v) is 12.2. The molecule has 0 amide bonds. The van der Waals surface area contributed by atoms with Gasteiger partial charge in [-0.1, -0.05) is 6.58 Å². The van der Waals surface area contributed by atoms with Crippen LogP contribution in [0.1, 0.15) is 50.2 Å². The lowest BCUT2D eigenvalue weighted by atomic mass is 9.94. The third kappa shape index (κ3) is 3.52. The molecular formula is C29H37N3O. The van der Waals surface area contributed by atoms with Crippen LogP contribution in [0.2, 0.25) is 0 Å². The summed E-state index contributed by atoms with van der Waals surface area (Å²) < 4.78 is 10.4. The Bertz CT molecular complexity index is 1330. The van der Waals surface area contributed by atoms with Crippen LogP contribution in [0.4, 0.5) is 5.69 Å². The SMILES string of the molecule is C=C(c1c(C)n(CC)c2ccc(OC)cc12)c1c(C)n(CC)c2ccc(N(CC)CC)cc12. The highest BCUT2D eigenvalue weighted by molar-refractivity contribution is 6.06. The fourth-order valence-electron chi connectivity index (χ4n) is 5.55. The fraction of sp³-hybridized carbons (Fsp3) is 0.379. The predicted octanol–water partition coefficient (Wildman–Crippen LogP) is 7.17. The molecule has 0 fully saturated rings. The number of benzene rings is 2. The lowest BCUT2D eigenvalue weighted by Crippen LogP contribution is -2.21. The van der Waals surface area contributed by atoms with E-state index in [2.05, 4.69) is 85.9 Å². The summed E-state index contributed by atoms with van der Waals surface area (Å²) in [6, 6.07) is 13.3. The molecule has 4 heteroatoms. The highest BCUT2D eigenvalue weighted by Gasteiger charge is 2.23. The second-order valence-electron chi connectivity index (χ2n) is 8.64. The number of rotatable bonds is 8. The minimum atomic E-state index is 0.876. The number of anilines is 1. The molecule has 0 unspecified atom stereocenters. The third-order valence-electron chi connectivity index (χ3n) is 7.20. The number of ether oxygens (including phenoxy) is 1. The topological polar surface area (TPSA) is 22.3 Å². The Hall–Kier alpha value is -3.14. The van der Waals surface area contributed by atoms with E-state index in [1.54, 1.807) is 7.11 Å². The number of fused-ring (bicyclic) bond motifs is 2. The maximum Gasteiger partial charge on any atom is 0.119 e. The van der Waals surface area contributed by atoms with Gasteiger partial charge in [0.15, 0.2) is 0 Å². The van der Waals surface area contributed by atoms with Gasteiger partial charge in [-0.25, -0.2) is 0 Å². The van der Waals surface area contributed by atoms with Crippen LogP contribution in [0.3, 0.4) is 0 Å². The molecule has 4 aromatic rings. The number of methoxy groups -OCH3 is 1. The lowest BCUT2D eigenvalue weighted by molar-refractivity contribution is 0.415. The van der Waals surface area contributed by atoms with Crippen LogP contribution in [0.5, 0.6) is 5.75 Å². The van der Waals surface area contributed by atoms with Crippen LogP contribution in [0.15, 0.2) is 43.0 Å². The van der Waals surface area contributed by atoms with Crippen LogP contribution in [0, 0.1) is 13.8 Å². The van der Waals surface area contributed by atoms with Crippen molar-refractivity contribution in [2.24, 2.45) is 0 Å². The number of aromatic nitrogens is 2. The van der Waals surface area contributed by atoms with E-state index in [9.17, 15) is 0 Å². The second-order valence-corrected chi connectivity index (χ2v) is 8.64. The maximum atomic E-state index is 5.58. The monoisotopic (exact) mass is 443 g/mol. The van der Waals surface area contributed by atoms with Crippen LogP contribution in [0.25, 0.3) is 27.4 Å². The van der Waals surface area contributed by atoms with Gasteiger partial charge in [0, 0.05) is 76.2 Å². The first kappa shape index (κ1) is 23.0. The van der Waals surface area contributed by atoms with E-state index in [1.165, 1.54) is 50.0 Å². The summed E-state index contributed by atoms with van der Waals surface area (Å²) in [6.45, 7) is 21.8. The summed E-state index contributed by atoms with van der Waals surface area (Å²) >= 11 is 0. The fourth-order valence-corrected chi connectivity index (χ4v) is 5.55. The van der Waals surface area contributed by atoms with Crippen LogP contribution < -0.4 is 9.64 Å². The molecule has 0 aliphatic carbocycles. The zero-order valence-electron chi connectivity index (χ0n) is 21.2. The summed E-state index contributed by atoms with van der Waals surface area (Å²) in [4.78, 5) is 2.41. The lowest BCUT2D eigenvalue weighted by Gasteiger charge is -2.21. The maximum absolute atomic E-state index is 5.58. The number of nitrogens with zero attached hydrogens (tertiary/aromatic N) is 3. The third-order valence-corrected chi connectivity index (χ3v) is 7.20. The molecule has 2 heterocycles. The van der Waals surface area contributed by atoms with Gasteiger partial charge < -0.3 is 18.8 Å². The Balaban J connectivity index is 2.02. The highest BCUT2D eigenvalue weighted by Crippen LogP contribution is 2.41. The summed E-state index contributed by atoms with van der Waals surface area (Å²) in [5.41, 5.74) is 9.85. The van der Waals surface area contributed by atoms with Crippen LogP contribution >= 0.6 is 0 Å². The van der Waals surface area contributed by atoms with Crippen molar-refractivity contribution in [3.05, 3.63) is 65.5 Å². The van der Waals surface area contributed by atoms with Crippen LogP contribution in [-0.2, 0) is 13.1 Å². The average Bonchev–Trinajstić information content (AvgIpc) is 3.27. The molecule has 0 aliphatic rings. The molecule has 4 nitrogen and oxygen atoms in total. The number of aryl methyl sites for hydroxylation is 2. The van der Waals surface area contributed by atoms with Crippen molar-refractivity contribution in [1.82, 2.24) is 9.13 Å². The molecular weight excluding hydrogens is 406 g/mol. The normalized spacial score (nSPS) is 11.5. The van der Waals surface area contributed by atoms with E-state index in [1.807, 2.05) is 6.07 Å². The van der Waals surface area contributed by atoms with E-state index in [-0.39, 0.29) is 0 Å². The molecule has 2 aromatic heterocycles. The molecule has 0 aliphatic heterocycles. The Kier molecular flexibility index (Phi) is 6.29. The van der Waals surface area contributed by atoms with Gasteiger partial charge in [0.2, 0.25) is 0 Å². The minimum Gasteiger partial charge on any atom is -0.497 e.